The van der Waals surface area contributed by atoms with Crippen LogP contribution in [0.15, 0.2) is 36.4 Å². The van der Waals surface area contributed by atoms with Gasteiger partial charge in [0.1, 0.15) is 0 Å². The number of esters is 1. The molecule has 1 rings (SSSR count). The molecule has 0 unspecified atom stereocenters. The van der Waals surface area contributed by atoms with E-state index in [2.05, 4.69) is 19.1 Å². The zero-order chi connectivity index (χ0) is 23.3. The van der Waals surface area contributed by atoms with Crippen molar-refractivity contribution in [3.63, 3.8) is 0 Å². The average molecular weight is 445 g/mol. The lowest BCUT2D eigenvalue weighted by Crippen LogP contribution is -2.02. The van der Waals surface area contributed by atoms with Crippen molar-refractivity contribution in [3.8, 4) is 11.5 Å². The highest BCUT2D eigenvalue weighted by Gasteiger charge is 2.02. The minimum absolute atomic E-state index is 0.0761. The first-order valence-corrected chi connectivity index (χ1v) is 12.5. The molecule has 0 saturated heterocycles. The van der Waals surface area contributed by atoms with E-state index < -0.39 is 0 Å². The van der Waals surface area contributed by atoms with Crippen LogP contribution in [0.4, 0.5) is 0 Å². The molecule has 0 heterocycles. The zero-order valence-electron chi connectivity index (χ0n) is 20.3. The van der Waals surface area contributed by atoms with Crippen LogP contribution >= 0.6 is 0 Å². The Bertz CT molecular complexity index is 663. The monoisotopic (exact) mass is 444 g/mol. The van der Waals surface area contributed by atoms with Crippen molar-refractivity contribution in [1.82, 2.24) is 0 Å². The molecular weight excluding hydrogens is 400 g/mol. The Morgan fingerprint density at radius 1 is 0.875 bits per heavy atom. The van der Waals surface area contributed by atoms with Gasteiger partial charge < -0.3 is 14.6 Å². The minimum atomic E-state index is -0.343. The lowest BCUT2D eigenvalue weighted by Gasteiger charge is -2.04. The first-order chi connectivity index (χ1) is 15.7. The van der Waals surface area contributed by atoms with Crippen molar-refractivity contribution in [2.75, 3.05) is 13.7 Å². The van der Waals surface area contributed by atoms with Crippen molar-refractivity contribution >= 4 is 12.0 Å². The highest BCUT2D eigenvalue weighted by molar-refractivity contribution is 5.87. The van der Waals surface area contributed by atoms with E-state index in [1.165, 1.54) is 96.3 Å². The van der Waals surface area contributed by atoms with Crippen molar-refractivity contribution in [1.29, 1.82) is 0 Å². The van der Waals surface area contributed by atoms with Gasteiger partial charge >= 0.3 is 5.97 Å². The third-order valence-corrected chi connectivity index (χ3v) is 5.52. The van der Waals surface area contributed by atoms with E-state index in [1.54, 1.807) is 18.2 Å². The van der Waals surface area contributed by atoms with Gasteiger partial charge in [0, 0.05) is 6.08 Å². The van der Waals surface area contributed by atoms with Crippen LogP contribution in [0.3, 0.4) is 0 Å². The summed E-state index contributed by atoms with van der Waals surface area (Å²) >= 11 is 0. The van der Waals surface area contributed by atoms with Crippen LogP contribution in [0.1, 0.15) is 102 Å². The molecule has 4 heteroatoms. The summed E-state index contributed by atoms with van der Waals surface area (Å²) in [6.07, 6.45) is 25.5. The van der Waals surface area contributed by atoms with Crippen molar-refractivity contribution in [2.24, 2.45) is 0 Å². The molecule has 0 aliphatic rings. The predicted octanol–water partition coefficient (Wildman–Crippen LogP) is 7.99. The highest BCUT2D eigenvalue weighted by atomic mass is 16.5. The van der Waals surface area contributed by atoms with Gasteiger partial charge in [0.05, 0.1) is 13.7 Å². The zero-order valence-corrected chi connectivity index (χ0v) is 20.3. The van der Waals surface area contributed by atoms with E-state index in [4.69, 9.17) is 9.47 Å². The second kappa shape index (κ2) is 19.5. The van der Waals surface area contributed by atoms with Gasteiger partial charge in [-0.25, -0.2) is 4.79 Å². The minimum Gasteiger partial charge on any atom is -0.504 e. The summed E-state index contributed by atoms with van der Waals surface area (Å²) in [5, 5.41) is 9.58. The second-order valence-corrected chi connectivity index (χ2v) is 8.37. The fourth-order valence-corrected chi connectivity index (χ4v) is 3.53. The van der Waals surface area contributed by atoms with Gasteiger partial charge in [0.25, 0.3) is 0 Å². The smallest absolute Gasteiger partial charge is 0.330 e. The summed E-state index contributed by atoms with van der Waals surface area (Å²) in [7, 11) is 1.49. The van der Waals surface area contributed by atoms with Crippen molar-refractivity contribution in [2.45, 2.75) is 96.8 Å². The molecule has 1 N–H and O–H groups in total. The number of aromatic hydroxyl groups is 1. The number of carbonyl (C=O) groups is 1. The van der Waals surface area contributed by atoms with Gasteiger partial charge in [0.2, 0.25) is 0 Å². The first-order valence-electron chi connectivity index (χ1n) is 12.5. The molecule has 4 nitrogen and oxygen atoms in total. The third-order valence-electron chi connectivity index (χ3n) is 5.52. The van der Waals surface area contributed by atoms with E-state index in [0.717, 1.165) is 18.4 Å². The van der Waals surface area contributed by atoms with E-state index in [9.17, 15) is 9.90 Å². The van der Waals surface area contributed by atoms with Crippen molar-refractivity contribution < 1.29 is 19.4 Å². The van der Waals surface area contributed by atoms with Crippen LogP contribution in [-0.4, -0.2) is 24.8 Å². The van der Waals surface area contributed by atoms with Gasteiger partial charge in [-0.05, 0) is 55.9 Å². The summed E-state index contributed by atoms with van der Waals surface area (Å²) in [6, 6.07) is 4.92. The van der Waals surface area contributed by atoms with Crippen LogP contribution in [0.2, 0.25) is 0 Å². The Labute approximate surface area is 195 Å². The summed E-state index contributed by atoms with van der Waals surface area (Å²) in [5.74, 6) is 0.113. The fourth-order valence-electron chi connectivity index (χ4n) is 3.53. The SMILES string of the molecule is CCCCCCCC/C=C/CCCCCCCCOC(=O)/C=C/c1ccc(O)c(OC)c1. The number of methoxy groups -OCH3 is 1. The number of hydrogen-bond acceptors (Lipinski definition) is 4. The van der Waals surface area contributed by atoms with Crippen LogP contribution in [0, 0.1) is 0 Å². The lowest BCUT2D eigenvalue weighted by molar-refractivity contribution is -0.137. The lowest BCUT2D eigenvalue weighted by atomic mass is 10.1. The van der Waals surface area contributed by atoms with E-state index in [-0.39, 0.29) is 11.7 Å². The quantitative estimate of drug-likeness (QED) is 0.102. The maximum atomic E-state index is 11.8. The van der Waals surface area contributed by atoms with Crippen LogP contribution in [-0.2, 0) is 9.53 Å². The number of carbonyl (C=O) groups excluding carboxylic acids is 1. The summed E-state index contributed by atoms with van der Waals surface area (Å²) < 4.78 is 10.3. The average Bonchev–Trinajstić information content (AvgIpc) is 2.80. The first kappa shape index (κ1) is 27.8. The molecule has 0 spiro atoms. The molecule has 0 fully saturated rings. The number of phenols is 1. The Hall–Kier alpha value is -2.23. The number of allylic oxidation sites excluding steroid dienone is 2. The van der Waals surface area contributed by atoms with Gasteiger partial charge in [-0.3, -0.25) is 0 Å². The molecule has 1 aromatic rings. The fraction of sp³-hybridized carbons (Fsp3) is 0.607. The van der Waals surface area contributed by atoms with Gasteiger partial charge in [-0.15, -0.1) is 0 Å². The molecule has 0 aliphatic heterocycles. The Kier molecular flexibility index (Phi) is 16.9. The summed E-state index contributed by atoms with van der Waals surface area (Å²) in [5.41, 5.74) is 0.772. The molecule has 0 saturated carbocycles. The molecule has 0 aliphatic carbocycles. The van der Waals surface area contributed by atoms with Gasteiger partial charge in [-0.1, -0.05) is 82.9 Å². The number of unbranched alkanes of at least 4 members (excludes halogenated alkanes) is 12. The molecule has 1 aromatic carbocycles. The van der Waals surface area contributed by atoms with E-state index in [1.807, 2.05) is 0 Å². The topological polar surface area (TPSA) is 55.8 Å². The van der Waals surface area contributed by atoms with Gasteiger partial charge in [0.15, 0.2) is 11.5 Å². The maximum Gasteiger partial charge on any atom is 0.330 e. The Balaban J connectivity index is 1.93. The van der Waals surface area contributed by atoms with E-state index >= 15 is 0 Å². The van der Waals surface area contributed by atoms with Gasteiger partial charge in [-0.2, -0.15) is 0 Å². The molecule has 0 amide bonds. The molecule has 0 radical (unpaired) electrons. The third kappa shape index (κ3) is 14.7. The Morgan fingerprint density at radius 2 is 1.47 bits per heavy atom. The van der Waals surface area contributed by atoms with Crippen molar-refractivity contribution in [3.05, 3.63) is 42.0 Å². The molecule has 0 bridgehead atoms. The van der Waals surface area contributed by atoms with E-state index in [0.29, 0.717) is 12.4 Å². The standard InChI is InChI=1S/C28H44O4/c1-3-4-5-6-7-8-9-10-11-12-13-14-15-16-17-18-23-32-28(30)22-20-25-19-21-26(29)27(24-25)31-2/h10-11,19-22,24,29H,3-9,12-18,23H2,1-2H3/b11-10+,22-20+. The molecule has 32 heavy (non-hydrogen) atoms. The summed E-state index contributed by atoms with van der Waals surface area (Å²) in [4.78, 5) is 11.8. The number of phenolic OH excluding ortho intramolecular Hbond substituents is 1. The molecular formula is C28H44O4. The number of ether oxygens (including phenoxy) is 2. The van der Waals surface area contributed by atoms with Crippen LogP contribution in [0.5, 0.6) is 11.5 Å². The predicted molar refractivity (Wildman–Crippen MR) is 134 cm³/mol. The number of rotatable bonds is 19. The Morgan fingerprint density at radius 3 is 2.09 bits per heavy atom. The summed E-state index contributed by atoms with van der Waals surface area (Å²) in [6.45, 7) is 2.73. The molecule has 0 atom stereocenters. The molecule has 0 aromatic heterocycles. The number of benzene rings is 1. The van der Waals surface area contributed by atoms with Crippen LogP contribution < -0.4 is 4.74 Å². The normalized spacial score (nSPS) is 11.4. The second-order valence-electron chi connectivity index (χ2n) is 8.37. The maximum absolute atomic E-state index is 11.8. The largest absolute Gasteiger partial charge is 0.504 e. The highest BCUT2D eigenvalue weighted by Crippen LogP contribution is 2.26. The van der Waals surface area contributed by atoms with Crippen LogP contribution in [0.25, 0.3) is 6.08 Å². The number of hydrogen-bond donors (Lipinski definition) is 1. The molecule has 180 valence electrons.